The summed E-state index contributed by atoms with van der Waals surface area (Å²) in [5.41, 5.74) is 0. The van der Waals surface area contributed by atoms with Crippen molar-refractivity contribution in [1.82, 2.24) is 0 Å². The fraction of sp³-hybridized carbons (Fsp3) is 1.00. The van der Waals surface area contributed by atoms with E-state index in [1.807, 2.05) is 0 Å². The summed E-state index contributed by atoms with van der Waals surface area (Å²) in [6.07, 6.45) is -1.77. The quantitative estimate of drug-likeness (QED) is 0.495. The first kappa shape index (κ1) is 10.6. The molecule has 14 heavy (non-hydrogen) atoms. The molecule has 2 fully saturated rings. The smallest absolute Gasteiger partial charge is 0.382 e. The molecular weight excluding hydrogens is 210 g/mol. The second-order valence-electron chi connectivity index (χ2n) is 3.20. The molecule has 0 aromatic rings. The summed E-state index contributed by atoms with van der Waals surface area (Å²) in [6.45, 7) is 0.248. The Morgan fingerprint density at radius 3 is 2.79 bits per heavy atom. The molecule has 0 aliphatic carbocycles. The minimum absolute atomic E-state index is 0.248. The monoisotopic (exact) mass is 220 g/mol. The molecule has 6 nitrogen and oxygen atoms in total. The molecule has 3 unspecified atom stereocenters. The van der Waals surface area contributed by atoms with Crippen molar-refractivity contribution in [1.29, 1.82) is 0 Å². The number of hydrogen-bond acceptors (Lipinski definition) is 5. The van der Waals surface area contributed by atoms with Crippen LogP contribution in [0.25, 0.3) is 0 Å². The predicted octanol–water partition coefficient (Wildman–Crippen LogP) is -0.589. The van der Waals surface area contributed by atoms with Crippen molar-refractivity contribution in [2.24, 2.45) is 0 Å². The molecular formula is C6H10BO6P. The SMILES string of the molecule is [B][C@@H]1O[C@H](COC)C2OP(=O)(O)OC21. The van der Waals surface area contributed by atoms with E-state index in [-0.39, 0.29) is 6.61 Å². The van der Waals surface area contributed by atoms with Gasteiger partial charge < -0.3 is 14.4 Å². The highest BCUT2D eigenvalue weighted by molar-refractivity contribution is 7.47. The topological polar surface area (TPSA) is 74.2 Å². The molecule has 2 radical (unpaired) electrons. The van der Waals surface area contributed by atoms with Gasteiger partial charge in [0.1, 0.15) is 26.2 Å². The molecule has 0 saturated carbocycles. The largest absolute Gasteiger partial charge is 0.473 e. The van der Waals surface area contributed by atoms with Crippen LogP contribution in [0.15, 0.2) is 0 Å². The van der Waals surface area contributed by atoms with Crippen LogP contribution in [0.5, 0.6) is 0 Å². The van der Waals surface area contributed by atoms with Crippen LogP contribution in [-0.2, 0) is 23.1 Å². The van der Waals surface area contributed by atoms with Crippen LogP contribution >= 0.6 is 7.82 Å². The molecule has 0 bridgehead atoms. The molecule has 5 atom stereocenters. The number of ether oxygens (including phenoxy) is 2. The second-order valence-corrected chi connectivity index (χ2v) is 4.56. The Morgan fingerprint density at radius 1 is 1.50 bits per heavy atom. The standard InChI is InChI=1S/C6H10BO6P/c1-10-2-3-4-5(6(7)11-3)13-14(8,9)12-4/h3-6H,2H2,1H3,(H,8,9)/t3-,4?,5?,6-/m1/s1. The van der Waals surface area contributed by atoms with Gasteiger partial charge in [-0.2, -0.15) is 0 Å². The van der Waals surface area contributed by atoms with Gasteiger partial charge in [0.05, 0.1) is 6.61 Å². The van der Waals surface area contributed by atoms with Crippen molar-refractivity contribution in [2.75, 3.05) is 13.7 Å². The van der Waals surface area contributed by atoms with Gasteiger partial charge in [-0.15, -0.1) is 0 Å². The lowest BCUT2D eigenvalue weighted by atomic mass is 9.93. The van der Waals surface area contributed by atoms with Crippen molar-refractivity contribution >= 4 is 15.7 Å². The van der Waals surface area contributed by atoms with E-state index in [0.29, 0.717) is 0 Å². The average molecular weight is 220 g/mol. The second kappa shape index (κ2) is 3.59. The molecule has 2 heterocycles. The van der Waals surface area contributed by atoms with E-state index < -0.39 is 32.1 Å². The van der Waals surface area contributed by atoms with Crippen LogP contribution in [0.2, 0.25) is 0 Å². The van der Waals surface area contributed by atoms with E-state index in [4.69, 9.17) is 31.3 Å². The first-order valence-corrected chi connectivity index (χ1v) is 5.62. The van der Waals surface area contributed by atoms with E-state index in [0.717, 1.165) is 0 Å². The maximum Gasteiger partial charge on any atom is 0.473 e. The minimum atomic E-state index is -3.93. The molecule has 1 N–H and O–H groups in total. The lowest BCUT2D eigenvalue weighted by molar-refractivity contribution is -0.0157. The zero-order valence-electron chi connectivity index (χ0n) is 7.53. The molecule has 0 aromatic carbocycles. The highest BCUT2D eigenvalue weighted by Crippen LogP contribution is 2.56. The van der Waals surface area contributed by atoms with E-state index in [1.165, 1.54) is 7.11 Å². The van der Waals surface area contributed by atoms with Crippen LogP contribution in [0.4, 0.5) is 0 Å². The summed E-state index contributed by atoms with van der Waals surface area (Å²) in [4.78, 5) is 9.06. The maximum absolute atomic E-state index is 11.1. The average Bonchev–Trinajstić information content (AvgIpc) is 2.51. The van der Waals surface area contributed by atoms with Gasteiger partial charge in [0.15, 0.2) is 0 Å². The zero-order valence-corrected chi connectivity index (χ0v) is 8.42. The van der Waals surface area contributed by atoms with Gasteiger partial charge in [-0.1, -0.05) is 0 Å². The Hall–Kier alpha value is 0.0949. The first-order valence-electron chi connectivity index (χ1n) is 4.13. The van der Waals surface area contributed by atoms with Gasteiger partial charge in [-0.25, -0.2) is 4.57 Å². The maximum atomic E-state index is 11.1. The van der Waals surface area contributed by atoms with Crippen LogP contribution < -0.4 is 0 Å². The van der Waals surface area contributed by atoms with Crippen molar-refractivity contribution in [2.45, 2.75) is 24.3 Å². The van der Waals surface area contributed by atoms with Crippen molar-refractivity contribution in [3.05, 3.63) is 0 Å². The van der Waals surface area contributed by atoms with Gasteiger partial charge >= 0.3 is 7.82 Å². The van der Waals surface area contributed by atoms with Crippen molar-refractivity contribution in [3.8, 4) is 0 Å². The van der Waals surface area contributed by atoms with E-state index >= 15 is 0 Å². The number of phosphoric acid groups is 1. The first-order chi connectivity index (χ1) is 6.53. The van der Waals surface area contributed by atoms with Crippen molar-refractivity contribution < 1.29 is 28.0 Å². The fourth-order valence-corrected chi connectivity index (χ4v) is 2.79. The summed E-state index contributed by atoms with van der Waals surface area (Å²) in [6, 6.07) is -0.747. The van der Waals surface area contributed by atoms with Gasteiger partial charge in [0.25, 0.3) is 0 Å². The number of hydrogen-bond donors (Lipinski definition) is 1. The third-order valence-electron chi connectivity index (χ3n) is 2.19. The van der Waals surface area contributed by atoms with Crippen LogP contribution in [0.3, 0.4) is 0 Å². The van der Waals surface area contributed by atoms with Gasteiger partial charge in [0.2, 0.25) is 0 Å². The normalized spacial score (nSPS) is 52.1. The number of methoxy groups -OCH3 is 1. The Balaban J connectivity index is 2.10. The van der Waals surface area contributed by atoms with E-state index in [1.54, 1.807) is 0 Å². The van der Waals surface area contributed by atoms with E-state index in [2.05, 4.69) is 0 Å². The highest BCUT2D eigenvalue weighted by Gasteiger charge is 2.55. The third-order valence-corrected chi connectivity index (χ3v) is 3.21. The minimum Gasteiger partial charge on any atom is -0.382 e. The van der Waals surface area contributed by atoms with Gasteiger partial charge in [-0.3, -0.25) is 9.05 Å². The molecule has 78 valence electrons. The summed E-state index contributed by atoms with van der Waals surface area (Å²) in [5.74, 6) is 0. The number of fused-ring (bicyclic) bond motifs is 1. The van der Waals surface area contributed by atoms with Crippen LogP contribution in [-0.4, -0.2) is 50.8 Å². The van der Waals surface area contributed by atoms with Crippen molar-refractivity contribution in [3.63, 3.8) is 0 Å². The number of phosphoric ester groups is 1. The van der Waals surface area contributed by atoms with Gasteiger partial charge in [-0.05, 0) is 0 Å². The van der Waals surface area contributed by atoms with Crippen LogP contribution in [0.1, 0.15) is 0 Å². The number of rotatable bonds is 2. The summed E-state index contributed by atoms with van der Waals surface area (Å²) < 4.78 is 30.7. The van der Waals surface area contributed by atoms with E-state index in [9.17, 15) is 4.57 Å². The Morgan fingerprint density at radius 2 is 2.14 bits per heavy atom. The molecule has 2 saturated heterocycles. The molecule has 2 aliphatic rings. The Bertz CT molecular complexity index is 273. The predicted molar refractivity (Wildman–Crippen MR) is 45.9 cm³/mol. The third kappa shape index (κ3) is 1.76. The lowest BCUT2D eigenvalue weighted by Crippen LogP contribution is -2.31. The van der Waals surface area contributed by atoms with Crippen LogP contribution in [0, 0.1) is 0 Å². The fourth-order valence-electron chi connectivity index (χ4n) is 1.63. The summed E-state index contributed by atoms with van der Waals surface area (Å²) in [5, 5.41) is 0. The van der Waals surface area contributed by atoms with Gasteiger partial charge in [0, 0.05) is 13.1 Å². The summed E-state index contributed by atoms with van der Waals surface area (Å²) in [7, 11) is 3.11. The zero-order chi connectivity index (χ0) is 10.3. The molecule has 2 rings (SSSR count). The Kier molecular flexibility index (Phi) is 2.72. The highest BCUT2D eigenvalue weighted by atomic mass is 31.2. The molecule has 2 aliphatic heterocycles. The Labute approximate surface area is 82.5 Å². The molecule has 8 heteroatoms. The molecule has 0 spiro atoms. The molecule has 0 aromatic heterocycles. The molecule has 0 amide bonds. The summed E-state index contributed by atoms with van der Waals surface area (Å²) >= 11 is 0. The lowest BCUT2D eigenvalue weighted by Gasteiger charge is -2.15.